The molecule has 0 atom stereocenters. The lowest BCUT2D eigenvalue weighted by molar-refractivity contribution is -0.135. The highest BCUT2D eigenvalue weighted by atomic mass is 32.2. The molecule has 4 rings (SSSR count). The minimum absolute atomic E-state index is 0.0308. The highest BCUT2D eigenvalue weighted by Gasteiger charge is 2.27. The molecule has 0 spiro atoms. The molecule has 1 aliphatic rings. The van der Waals surface area contributed by atoms with Crippen molar-refractivity contribution in [3.63, 3.8) is 0 Å². The second-order valence-electron chi connectivity index (χ2n) is 8.05. The molecule has 7 nitrogen and oxygen atoms in total. The third-order valence-corrected chi connectivity index (χ3v) is 7.63. The van der Waals surface area contributed by atoms with Crippen molar-refractivity contribution >= 4 is 32.6 Å². The van der Waals surface area contributed by atoms with Crippen LogP contribution in [0.15, 0.2) is 59.6 Å². The number of carbonyl (C=O) groups excluding carboxylic acids is 2. The van der Waals surface area contributed by atoms with Crippen LogP contribution >= 0.6 is 0 Å². The van der Waals surface area contributed by atoms with Crippen LogP contribution in [-0.2, 0) is 31.7 Å². The summed E-state index contributed by atoms with van der Waals surface area (Å²) in [6.07, 6.45) is 2.50. The number of halogens is 1. The van der Waals surface area contributed by atoms with Crippen molar-refractivity contribution in [1.82, 2.24) is 9.47 Å². The Morgan fingerprint density at radius 1 is 1.03 bits per heavy atom. The Morgan fingerprint density at radius 2 is 1.69 bits per heavy atom. The minimum Gasteiger partial charge on any atom is -0.369 e. The molecule has 2 aromatic carbocycles. The number of sulfone groups is 1. The third kappa shape index (κ3) is 4.38. The van der Waals surface area contributed by atoms with Gasteiger partial charge in [0.1, 0.15) is 12.4 Å². The number of hydrogen-bond donors (Lipinski definition) is 1. The molecular formula is C23H24FN3O4S. The first kappa shape index (κ1) is 22.0. The number of amides is 2. The highest BCUT2D eigenvalue weighted by molar-refractivity contribution is 7.90. The molecule has 0 saturated carbocycles. The number of hydrogen-bond acceptors (Lipinski definition) is 4. The number of nitrogens with zero attached hydrogens (tertiary/aromatic N) is 2. The summed E-state index contributed by atoms with van der Waals surface area (Å²) in [5.41, 5.74) is 6.06. The zero-order valence-electron chi connectivity index (χ0n) is 17.4. The van der Waals surface area contributed by atoms with Crippen LogP contribution in [-0.4, -0.2) is 42.8 Å². The third-order valence-electron chi connectivity index (χ3n) is 5.95. The largest absolute Gasteiger partial charge is 0.369 e. The Hall–Kier alpha value is -3.20. The van der Waals surface area contributed by atoms with E-state index in [1.165, 1.54) is 24.4 Å². The van der Waals surface area contributed by atoms with Crippen LogP contribution in [0.5, 0.6) is 0 Å². The number of benzene rings is 2. The monoisotopic (exact) mass is 457 g/mol. The van der Waals surface area contributed by atoms with Gasteiger partial charge in [0.25, 0.3) is 0 Å². The minimum atomic E-state index is -3.86. The summed E-state index contributed by atoms with van der Waals surface area (Å²) >= 11 is 0. The second-order valence-corrected chi connectivity index (χ2v) is 10.0. The van der Waals surface area contributed by atoms with Gasteiger partial charge in [-0.15, -0.1) is 0 Å². The standard InChI is InChI=1S/C23H24FN3O4S/c24-19-7-3-1-5-17(19)15-32(30,31)21-13-27(20-8-4-2-6-18(20)21)14-22(28)26-11-9-16(10-12-26)23(25)29/h1-8,13,16H,9-12,14-15H2,(H2,25,29). The molecule has 0 aliphatic carbocycles. The van der Waals surface area contributed by atoms with Gasteiger partial charge in [0.05, 0.1) is 10.6 Å². The Kier molecular flexibility index (Phi) is 6.01. The molecule has 2 heterocycles. The number of primary amides is 1. The van der Waals surface area contributed by atoms with Gasteiger partial charge in [0.15, 0.2) is 9.84 Å². The molecule has 2 amide bonds. The molecule has 3 aromatic rings. The van der Waals surface area contributed by atoms with Gasteiger partial charge >= 0.3 is 0 Å². The number of carbonyl (C=O) groups is 2. The molecule has 32 heavy (non-hydrogen) atoms. The van der Waals surface area contributed by atoms with Crippen LogP contribution in [0.1, 0.15) is 18.4 Å². The number of fused-ring (bicyclic) bond motifs is 1. The predicted octanol–water partition coefficient (Wildman–Crippen LogP) is 2.48. The van der Waals surface area contributed by atoms with Gasteiger partial charge in [-0.1, -0.05) is 36.4 Å². The summed E-state index contributed by atoms with van der Waals surface area (Å²) in [6, 6.07) is 12.7. The van der Waals surface area contributed by atoms with E-state index in [1.54, 1.807) is 39.8 Å². The summed E-state index contributed by atoms with van der Waals surface area (Å²) in [5.74, 6) is -1.77. The van der Waals surface area contributed by atoms with Crippen molar-refractivity contribution in [1.29, 1.82) is 0 Å². The molecule has 0 unspecified atom stereocenters. The molecule has 0 bridgehead atoms. The number of aromatic nitrogens is 1. The topological polar surface area (TPSA) is 102 Å². The molecule has 1 saturated heterocycles. The van der Waals surface area contributed by atoms with E-state index in [0.717, 1.165) is 0 Å². The second kappa shape index (κ2) is 8.74. The fourth-order valence-corrected chi connectivity index (χ4v) is 5.74. The normalized spacial score (nSPS) is 15.2. The first-order valence-electron chi connectivity index (χ1n) is 10.4. The maximum Gasteiger partial charge on any atom is 0.242 e. The fourth-order valence-electron chi connectivity index (χ4n) is 4.15. The smallest absolute Gasteiger partial charge is 0.242 e. The number of rotatable bonds is 6. The summed E-state index contributed by atoms with van der Waals surface area (Å²) in [6.45, 7) is 0.838. The van der Waals surface area contributed by atoms with E-state index in [4.69, 9.17) is 5.73 Å². The highest BCUT2D eigenvalue weighted by Crippen LogP contribution is 2.29. The van der Waals surface area contributed by atoms with Crippen LogP contribution in [0.2, 0.25) is 0 Å². The SMILES string of the molecule is NC(=O)C1CCN(C(=O)Cn2cc(S(=O)(=O)Cc3ccccc3F)c3ccccc32)CC1. The van der Waals surface area contributed by atoms with Gasteiger partial charge in [-0.2, -0.15) is 0 Å². The summed E-state index contributed by atoms with van der Waals surface area (Å²) < 4.78 is 42.0. The summed E-state index contributed by atoms with van der Waals surface area (Å²) in [5, 5.41) is 0.490. The zero-order valence-corrected chi connectivity index (χ0v) is 18.2. The average molecular weight is 458 g/mol. The van der Waals surface area contributed by atoms with Gasteiger partial charge in [-0.3, -0.25) is 9.59 Å². The molecule has 1 fully saturated rings. The van der Waals surface area contributed by atoms with E-state index >= 15 is 0 Å². The average Bonchev–Trinajstić information content (AvgIpc) is 3.15. The summed E-state index contributed by atoms with van der Waals surface area (Å²) in [7, 11) is -3.86. The van der Waals surface area contributed by atoms with Crippen LogP contribution in [0, 0.1) is 11.7 Å². The van der Waals surface area contributed by atoms with Crippen LogP contribution in [0.25, 0.3) is 10.9 Å². The molecule has 9 heteroatoms. The van der Waals surface area contributed by atoms with E-state index in [2.05, 4.69) is 0 Å². The first-order valence-corrected chi connectivity index (χ1v) is 12.0. The lowest BCUT2D eigenvalue weighted by Gasteiger charge is -2.30. The van der Waals surface area contributed by atoms with Crippen LogP contribution in [0.4, 0.5) is 4.39 Å². The van der Waals surface area contributed by atoms with Crippen molar-refractivity contribution in [2.24, 2.45) is 11.7 Å². The molecule has 2 N–H and O–H groups in total. The molecule has 1 aliphatic heterocycles. The van der Waals surface area contributed by atoms with Crippen molar-refractivity contribution < 1.29 is 22.4 Å². The van der Waals surface area contributed by atoms with E-state index < -0.39 is 21.4 Å². The van der Waals surface area contributed by atoms with Crippen molar-refractivity contribution in [2.75, 3.05) is 13.1 Å². The number of nitrogens with two attached hydrogens (primary N) is 1. The van der Waals surface area contributed by atoms with Crippen molar-refractivity contribution in [2.45, 2.75) is 30.0 Å². The lowest BCUT2D eigenvalue weighted by Crippen LogP contribution is -2.42. The Balaban J connectivity index is 1.60. The number of piperidine rings is 1. The lowest BCUT2D eigenvalue weighted by atomic mass is 9.96. The van der Waals surface area contributed by atoms with Gasteiger partial charge in [0, 0.05) is 41.7 Å². The molecular weight excluding hydrogens is 433 g/mol. The van der Waals surface area contributed by atoms with E-state index in [-0.39, 0.29) is 34.7 Å². The van der Waals surface area contributed by atoms with Crippen molar-refractivity contribution in [3.8, 4) is 0 Å². The van der Waals surface area contributed by atoms with Crippen LogP contribution in [0.3, 0.4) is 0 Å². The van der Waals surface area contributed by atoms with E-state index in [0.29, 0.717) is 36.8 Å². The van der Waals surface area contributed by atoms with Gasteiger partial charge in [-0.05, 0) is 25.0 Å². The fraction of sp³-hybridized carbons (Fsp3) is 0.304. The molecule has 0 radical (unpaired) electrons. The van der Waals surface area contributed by atoms with Crippen LogP contribution < -0.4 is 5.73 Å². The maximum absolute atomic E-state index is 14.1. The zero-order chi connectivity index (χ0) is 22.9. The quantitative estimate of drug-likeness (QED) is 0.614. The maximum atomic E-state index is 14.1. The van der Waals surface area contributed by atoms with E-state index in [9.17, 15) is 22.4 Å². The van der Waals surface area contributed by atoms with Crippen molar-refractivity contribution in [3.05, 3.63) is 66.1 Å². The Labute approximate surface area is 185 Å². The predicted molar refractivity (Wildman–Crippen MR) is 118 cm³/mol. The Morgan fingerprint density at radius 3 is 2.38 bits per heavy atom. The van der Waals surface area contributed by atoms with Gasteiger partial charge in [-0.25, -0.2) is 12.8 Å². The number of para-hydroxylation sites is 1. The molecule has 168 valence electrons. The Bertz CT molecular complexity index is 1280. The van der Waals surface area contributed by atoms with E-state index in [1.807, 2.05) is 0 Å². The number of likely N-dealkylation sites (tertiary alicyclic amines) is 1. The van der Waals surface area contributed by atoms with Gasteiger partial charge in [0.2, 0.25) is 11.8 Å². The molecule has 1 aromatic heterocycles. The van der Waals surface area contributed by atoms with Gasteiger partial charge < -0.3 is 15.2 Å². The first-order chi connectivity index (χ1) is 15.3. The summed E-state index contributed by atoms with van der Waals surface area (Å²) in [4.78, 5) is 26.0.